The van der Waals surface area contributed by atoms with Gasteiger partial charge in [-0.3, -0.25) is 9.69 Å². The molecule has 1 heterocycles. The van der Waals surface area contributed by atoms with E-state index in [0.29, 0.717) is 6.54 Å². The van der Waals surface area contributed by atoms with Gasteiger partial charge < -0.3 is 9.67 Å². The molecule has 0 unspecified atom stereocenters. The van der Waals surface area contributed by atoms with Crippen LogP contribution in [-0.4, -0.2) is 44.2 Å². The van der Waals surface area contributed by atoms with E-state index in [9.17, 15) is 4.79 Å². The van der Waals surface area contributed by atoms with Crippen LogP contribution in [0.5, 0.6) is 0 Å². The zero-order chi connectivity index (χ0) is 13.6. The Labute approximate surface area is 108 Å². The van der Waals surface area contributed by atoms with E-state index in [0.717, 1.165) is 19.5 Å². The zero-order valence-corrected chi connectivity index (χ0v) is 11.5. The van der Waals surface area contributed by atoms with Crippen molar-refractivity contribution < 1.29 is 9.90 Å². The van der Waals surface area contributed by atoms with Crippen LogP contribution in [0.4, 0.5) is 0 Å². The van der Waals surface area contributed by atoms with Gasteiger partial charge in [0, 0.05) is 37.6 Å². The predicted molar refractivity (Wildman–Crippen MR) is 70.4 cm³/mol. The molecule has 5 heteroatoms. The van der Waals surface area contributed by atoms with Crippen molar-refractivity contribution in [2.45, 2.75) is 45.7 Å². The molecule has 0 saturated heterocycles. The van der Waals surface area contributed by atoms with Crippen molar-refractivity contribution in [3.63, 3.8) is 0 Å². The molecule has 0 aromatic carbocycles. The second-order valence-electron chi connectivity index (χ2n) is 5.46. The average molecular weight is 253 g/mol. The minimum absolute atomic E-state index is 0.00435. The quantitative estimate of drug-likeness (QED) is 0.805. The fourth-order valence-electron chi connectivity index (χ4n) is 1.88. The molecule has 1 rings (SSSR count). The molecule has 0 aliphatic carbocycles. The Morgan fingerprint density at radius 2 is 2.11 bits per heavy atom. The van der Waals surface area contributed by atoms with Crippen molar-refractivity contribution in [1.82, 2.24) is 14.5 Å². The smallest absolute Gasteiger partial charge is 0.304 e. The monoisotopic (exact) mass is 253 g/mol. The molecular weight excluding hydrogens is 230 g/mol. The van der Waals surface area contributed by atoms with E-state index in [2.05, 4.69) is 30.7 Å². The van der Waals surface area contributed by atoms with E-state index in [4.69, 9.17) is 5.11 Å². The molecule has 0 bridgehead atoms. The number of aromatic nitrogens is 2. The maximum atomic E-state index is 10.7. The summed E-state index contributed by atoms with van der Waals surface area (Å²) in [4.78, 5) is 16.9. The normalized spacial score (nSPS) is 12.0. The van der Waals surface area contributed by atoms with Gasteiger partial charge in [0.1, 0.15) is 0 Å². The summed E-state index contributed by atoms with van der Waals surface area (Å²) in [5.41, 5.74) is 0.00435. The molecule has 0 amide bonds. The van der Waals surface area contributed by atoms with Crippen molar-refractivity contribution in [3.8, 4) is 0 Å². The van der Waals surface area contributed by atoms with Crippen molar-refractivity contribution in [2.24, 2.45) is 0 Å². The number of imidazole rings is 1. The van der Waals surface area contributed by atoms with Gasteiger partial charge in [0.2, 0.25) is 0 Å². The summed E-state index contributed by atoms with van der Waals surface area (Å²) >= 11 is 0. The first-order valence-corrected chi connectivity index (χ1v) is 6.32. The number of hydrogen-bond donors (Lipinski definition) is 1. The molecule has 0 aliphatic heterocycles. The number of aryl methyl sites for hydroxylation is 1. The van der Waals surface area contributed by atoms with Crippen molar-refractivity contribution >= 4 is 5.97 Å². The summed E-state index contributed by atoms with van der Waals surface area (Å²) in [7, 11) is 0. The van der Waals surface area contributed by atoms with Crippen LogP contribution in [0.1, 0.15) is 33.6 Å². The number of rotatable bonds is 7. The van der Waals surface area contributed by atoms with E-state index in [1.807, 2.05) is 10.8 Å². The highest BCUT2D eigenvalue weighted by Gasteiger charge is 2.21. The van der Waals surface area contributed by atoms with E-state index in [1.54, 1.807) is 12.5 Å². The van der Waals surface area contributed by atoms with Crippen LogP contribution >= 0.6 is 0 Å². The zero-order valence-electron chi connectivity index (χ0n) is 11.5. The molecule has 1 N–H and O–H groups in total. The Morgan fingerprint density at radius 3 is 2.61 bits per heavy atom. The van der Waals surface area contributed by atoms with Gasteiger partial charge in [-0.15, -0.1) is 0 Å². The molecule has 18 heavy (non-hydrogen) atoms. The Hall–Kier alpha value is -1.36. The summed E-state index contributed by atoms with van der Waals surface area (Å²) < 4.78 is 2.04. The van der Waals surface area contributed by atoms with Crippen LogP contribution in [0.2, 0.25) is 0 Å². The third-order valence-electron chi connectivity index (χ3n) is 2.95. The Balaban J connectivity index is 2.38. The summed E-state index contributed by atoms with van der Waals surface area (Å²) in [6.07, 6.45) is 6.71. The van der Waals surface area contributed by atoms with Gasteiger partial charge in [0.15, 0.2) is 0 Å². The lowest BCUT2D eigenvalue weighted by atomic mass is 10.1. The lowest BCUT2D eigenvalue weighted by Crippen LogP contribution is -2.43. The van der Waals surface area contributed by atoms with Crippen LogP contribution < -0.4 is 0 Å². The Bertz CT molecular complexity index is 355. The Morgan fingerprint density at radius 1 is 1.39 bits per heavy atom. The van der Waals surface area contributed by atoms with E-state index < -0.39 is 5.97 Å². The van der Waals surface area contributed by atoms with Crippen molar-refractivity contribution in [1.29, 1.82) is 0 Å². The molecule has 0 spiro atoms. The number of carbonyl (C=O) groups is 1. The molecule has 0 saturated carbocycles. The van der Waals surface area contributed by atoms with Gasteiger partial charge in [-0.2, -0.15) is 0 Å². The van der Waals surface area contributed by atoms with Crippen LogP contribution in [0.25, 0.3) is 0 Å². The highest BCUT2D eigenvalue weighted by atomic mass is 16.4. The third kappa shape index (κ3) is 5.31. The maximum Gasteiger partial charge on any atom is 0.304 e. The first kappa shape index (κ1) is 14.7. The van der Waals surface area contributed by atoms with Gasteiger partial charge >= 0.3 is 5.97 Å². The average Bonchev–Trinajstić information content (AvgIpc) is 2.73. The largest absolute Gasteiger partial charge is 0.481 e. The first-order chi connectivity index (χ1) is 8.39. The minimum Gasteiger partial charge on any atom is -0.481 e. The number of carboxylic acid groups (broad SMARTS) is 1. The third-order valence-corrected chi connectivity index (χ3v) is 2.95. The summed E-state index contributed by atoms with van der Waals surface area (Å²) in [6, 6.07) is 0. The van der Waals surface area contributed by atoms with Gasteiger partial charge in [0.05, 0.1) is 12.7 Å². The topological polar surface area (TPSA) is 58.4 Å². The predicted octanol–water partition coefficient (Wildman–Crippen LogP) is 1.85. The molecular formula is C13H23N3O2. The SMILES string of the molecule is CC(C)(C)N(CCCn1ccnc1)CCC(=O)O. The lowest BCUT2D eigenvalue weighted by molar-refractivity contribution is -0.137. The van der Waals surface area contributed by atoms with E-state index >= 15 is 0 Å². The van der Waals surface area contributed by atoms with Crippen molar-refractivity contribution in [3.05, 3.63) is 18.7 Å². The number of nitrogens with zero attached hydrogens (tertiary/aromatic N) is 3. The minimum atomic E-state index is -0.737. The summed E-state index contributed by atoms with van der Waals surface area (Å²) in [5, 5.41) is 8.76. The van der Waals surface area contributed by atoms with Crippen LogP contribution in [0.15, 0.2) is 18.7 Å². The van der Waals surface area contributed by atoms with E-state index in [1.165, 1.54) is 0 Å². The van der Waals surface area contributed by atoms with Gasteiger partial charge in [-0.05, 0) is 27.2 Å². The van der Waals surface area contributed by atoms with Gasteiger partial charge in [-0.1, -0.05) is 0 Å². The van der Waals surface area contributed by atoms with Crippen LogP contribution in [-0.2, 0) is 11.3 Å². The summed E-state index contributed by atoms with van der Waals surface area (Å²) in [6.45, 7) is 8.77. The standard InChI is InChI=1S/C13H23N3O2/c1-13(2,3)16(9-5-12(17)18)8-4-7-15-10-6-14-11-15/h6,10-11H,4-5,7-9H2,1-3H3,(H,17,18). The lowest BCUT2D eigenvalue weighted by Gasteiger charge is -2.35. The number of carboxylic acids is 1. The molecule has 5 nitrogen and oxygen atoms in total. The highest BCUT2D eigenvalue weighted by Crippen LogP contribution is 2.14. The molecule has 1 aromatic rings. The van der Waals surface area contributed by atoms with Crippen LogP contribution in [0.3, 0.4) is 0 Å². The maximum absolute atomic E-state index is 10.7. The molecule has 1 aromatic heterocycles. The molecule has 0 radical (unpaired) electrons. The first-order valence-electron chi connectivity index (χ1n) is 6.32. The van der Waals surface area contributed by atoms with Gasteiger partial charge in [0.25, 0.3) is 0 Å². The summed E-state index contributed by atoms with van der Waals surface area (Å²) in [5.74, 6) is -0.737. The fourth-order valence-corrected chi connectivity index (χ4v) is 1.88. The van der Waals surface area contributed by atoms with Gasteiger partial charge in [-0.25, -0.2) is 4.98 Å². The molecule has 0 aliphatic rings. The second kappa shape index (κ2) is 6.54. The number of aliphatic carboxylic acids is 1. The molecule has 102 valence electrons. The highest BCUT2D eigenvalue weighted by molar-refractivity contribution is 5.66. The van der Waals surface area contributed by atoms with Crippen molar-refractivity contribution in [2.75, 3.05) is 13.1 Å². The fraction of sp³-hybridized carbons (Fsp3) is 0.692. The molecule has 0 fully saturated rings. The van der Waals surface area contributed by atoms with E-state index in [-0.39, 0.29) is 12.0 Å². The second-order valence-corrected chi connectivity index (χ2v) is 5.46. The number of hydrogen-bond acceptors (Lipinski definition) is 3. The molecule has 0 atom stereocenters. The van der Waals surface area contributed by atoms with Crippen LogP contribution in [0, 0.1) is 0 Å². The Kier molecular flexibility index (Phi) is 5.34.